The molecule has 0 aromatic carbocycles. The van der Waals surface area contributed by atoms with E-state index in [0.29, 0.717) is 0 Å². The van der Waals surface area contributed by atoms with E-state index in [2.05, 4.69) is 0 Å². The molecular formula is C12H22N2O2. The summed E-state index contributed by atoms with van der Waals surface area (Å²) in [5, 5.41) is 0. The summed E-state index contributed by atoms with van der Waals surface area (Å²) in [7, 11) is 3.51. The van der Waals surface area contributed by atoms with Gasteiger partial charge in [0.05, 0.1) is 12.1 Å². The number of rotatable bonds is 3. The van der Waals surface area contributed by atoms with E-state index in [4.69, 9.17) is 0 Å². The molecule has 1 fully saturated rings. The average molecular weight is 226 g/mol. The summed E-state index contributed by atoms with van der Waals surface area (Å²) in [4.78, 5) is 27.1. The molecule has 0 N–H and O–H groups in total. The van der Waals surface area contributed by atoms with E-state index in [1.54, 1.807) is 25.9 Å². The number of hydrogen-bond donors (Lipinski definition) is 0. The highest BCUT2D eigenvalue weighted by Crippen LogP contribution is 2.20. The molecule has 0 radical (unpaired) electrons. The van der Waals surface area contributed by atoms with Crippen LogP contribution < -0.4 is 0 Å². The third kappa shape index (κ3) is 2.82. The zero-order valence-electron chi connectivity index (χ0n) is 10.7. The predicted octanol–water partition coefficient (Wildman–Crippen LogP) is 0.907. The van der Waals surface area contributed by atoms with E-state index in [9.17, 15) is 9.59 Å². The highest BCUT2D eigenvalue weighted by molar-refractivity contribution is 5.84. The van der Waals surface area contributed by atoms with Gasteiger partial charge in [-0.1, -0.05) is 6.42 Å². The van der Waals surface area contributed by atoms with Gasteiger partial charge in [-0.3, -0.25) is 14.5 Å². The Hall–Kier alpha value is -0.900. The second-order valence-corrected chi connectivity index (χ2v) is 4.77. The Morgan fingerprint density at radius 1 is 1.31 bits per heavy atom. The van der Waals surface area contributed by atoms with Crippen molar-refractivity contribution in [3.63, 3.8) is 0 Å². The van der Waals surface area contributed by atoms with E-state index >= 15 is 0 Å². The van der Waals surface area contributed by atoms with Crippen molar-refractivity contribution in [3.05, 3.63) is 0 Å². The van der Waals surface area contributed by atoms with Crippen molar-refractivity contribution in [2.45, 2.75) is 45.2 Å². The number of likely N-dealkylation sites (N-methyl/N-ethyl adjacent to an activating group) is 1. The predicted molar refractivity (Wildman–Crippen MR) is 63.2 cm³/mol. The van der Waals surface area contributed by atoms with Gasteiger partial charge in [-0.25, -0.2) is 0 Å². The summed E-state index contributed by atoms with van der Waals surface area (Å²) < 4.78 is 0. The van der Waals surface area contributed by atoms with E-state index < -0.39 is 0 Å². The van der Waals surface area contributed by atoms with Gasteiger partial charge in [-0.2, -0.15) is 0 Å². The number of piperidine rings is 1. The van der Waals surface area contributed by atoms with E-state index in [0.717, 1.165) is 25.8 Å². The van der Waals surface area contributed by atoms with Crippen molar-refractivity contribution >= 4 is 11.7 Å². The van der Waals surface area contributed by atoms with Crippen LogP contribution in [0.15, 0.2) is 0 Å². The van der Waals surface area contributed by atoms with Gasteiger partial charge in [-0.15, -0.1) is 0 Å². The maximum absolute atomic E-state index is 11.9. The number of likely N-dealkylation sites (tertiary alicyclic amines) is 1. The van der Waals surface area contributed by atoms with Crippen molar-refractivity contribution in [1.82, 2.24) is 9.80 Å². The topological polar surface area (TPSA) is 40.6 Å². The molecule has 1 rings (SSSR count). The molecule has 1 amide bonds. The van der Waals surface area contributed by atoms with Crippen LogP contribution in [-0.2, 0) is 9.59 Å². The number of nitrogens with zero attached hydrogens (tertiary/aromatic N) is 2. The molecule has 0 bridgehead atoms. The molecule has 2 unspecified atom stereocenters. The summed E-state index contributed by atoms with van der Waals surface area (Å²) in [5.41, 5.74) is 0. The van der Waals surface area contributed by atoms with Gasteiger partial charge in [0, 0.05) is 14.1 Å². The first-order chi connectivity index (χ1) is 7.45. The van der Waals surface area contributed by atoms with Crippen molar-refractivity contribution in [3.8, 4) is 0 Å². The van der Waals surface area contributed by atoms with Gasteiger partial charge < -0.3 is 4.90 Å². The summed E-state index contributed by atoms with van der Waals surface area (Å²) in [5.74, 6) is 0.256. The number of hydrogen-bond acceptors (Lipinski definition) is 3. The monoisotopic (exact) mass is 226 g/mol. The molecular weight excluding hydrogens is 204 g/mol. The Kier molecular flexibility index (Phi) is 4.47. The molecule has 0 spiro atoms. The smallest absolute Gasteiger partial charge is 0.239 e. The van der Waals surface area contributed by atoms with Crippen LogP contribution in [0.5, 0.6) is 0 Å². The van der Waals surface area contributed by atoms with Gasteiger partial charge in [-0.05, 0) is 33.2 Å². The van der Waals surface area contributed by atoms with Crippen molar-refractivity contribution in [2.24, 2.45) is 0 Å². The molecule has 1 aliphatic rings. The first-order valence-electron chi connectivity index (χ1n) is 5.92. The lowest BCUT2D eigenvalue weighted by molar-refractivity contribution is -0.137. The van der Waals surface area contributed by atoms with Crippen molar-refractivity contribution in [1.29, 1.82) is 0 Å². The minimum absolute atomic E-state index is 0.0624. The molecule has 0 aromatic heterocycles. The van der Waals surface area contributed by atoms with Crippen LogP contribution in [0.1, 0.15) is 33.1 Å². The minimum atomic E-state index is -0.191. The number of amides is 1. The standard InChI is InChI=1S/C12H22N2O2/c1-9(12(16)13(3)4)14-8-6-5-7-11(14)10(2)15/h9,11H,5-8H2,1-4H3. The molecule has 4 nitrogen and oxygen atoms in total. The first-order valence-corrected chi connectivity index (χ1v) is 5.92. The third-order valence-electron chi connectivity index (χ3n) is 3.31. The molecule has 2 atom stereocenters. The SMILES string of the molecule is CC(=O)C1CCCCN1C(C)C(=O)N(C)C. The van der Waals surface area contributed by atoms with Crippen molar-refractivity contribution in [2.75, 3.05) is 20.6 Å². The zero-order chi connectivity index (χ0) is 12.3. The third-order valence-corrected chi connectivity index (χ3v) is 3.31. The lowest BCUT2D eigenvalue weighted by atomic mass is 9.97. The summed E-state index contributed by atoms with van der Waals surface area (Å²) >= 11 is 0. The number of carbonyl (C=O) groups is 2. The first kappa shape index (κ1) is 13.2. The van der Waals surface area contributed by atoms with Gasteiger partial charge in [0.2, 0.25) is 5.91 Å². The Labute approximate surface area is 97.6 Å². The molecule has 1 saturated heterocycles. The van der Waals surface area contributed by atoms with Crippen molar-refractivity contribution < 1.29 is 9.59 Å². The maximum Gasteiger partial charge on any atom is 0.239 e. The Morgan fingerprint density at radius 3 is 2.44 bits per heavy atom. The fraction of sp³-hybridized carbons (Fsp3) is 0.833. The van der Waals surface area contributed by atoms with E-state index in [1.165, 1.54) is 0 Å². The summed E-state index contributed by atoms with van der Waals surface area (Å²) in [6, 6.07) is -0.253. The van der Waals surface area contributed by atoms with Gasteiger partial charge in [0.25, 0.3) is 0 Å². The van der Waals surface area contributed by atoms with Crippen LogP contribution in [0.3, 0.4) is 0 Å². The van der Waals surface area contributed by atoms with Crippen LogP contribution >= 0.6 is 0 Å². The molecule has 4 heteroatoms. The van der Waals surface area contributed by atoms with Gasteiger partial charge >= 0.3 is 0 Å². The van der Waals surface area contributed by atoms with Crippen LogP contribution in [0.2, 0.25) is 0 Å². The Balaban J connectivity index is 2.75. The second-order valence-electron chi connectivity index (χ2n) is 4.77. The van der Waals surface area contributed by atoms with Crippen LogP contribution in [0.4, 0.5) is 0 Å². The van der Waals surface area contributed by atoms with Gasteiger partial charge in [0.15, 0.2) is 0 Å². The fourth-order valence-electron chi connectivity index (χ4n) is 2.37. The summed E-state index contributed by atoms with van der Waals surface area (Å²) in [6.45, 7) is 4.37. The van der Waals surface area contributed by atoms with Gasteiger partial charge in [0.1, 0.15) is 5.78 Å². The molecule has 0 aliphatic carbocycles. The molecule has 1 aliphatic heterocycles. The highest BCUT2D eigenvalue weighted by Gasteiger charge is 2.33. The molecule has 0 aromatic rings. The van der Waals surface area contributed by atoms with E-state index in [1.807, 2.05) is 11.8 Å². The minimum Gasteiger partial charge on any atom is -0.347 e. The second kappa shape index (κ2) is 5.43. The van der Waals surface area contributed by atoms with E-state index in [-0.39, 0.29) is 23.8 Å². The Morgan fingerprint density at radius 2 is 1.94 bits per heavy atom. The quantitative estimate of drug-likeness (QED) is 0.718. The molecule has 1 heterocycles. The fourth-order valence-corrected chi connectivity index (χ4v) is 2.37. The molecule has 16 heavy (non-hydrogen) atoms. The van der Waals surface area contributed by atoms with Crippen LogP contribution in [-0.4, -0.2) is 54.2 Å². The average Bonchev–Trinajstić information content (AvgIpc) is 2.26. The molecule has 92 valence electrons. The zero-order valence-corrected chi connectivity index (χ0v) is 10.7. The maximum atomic E-state index is 11.9. The lowest BCUT2D eigenvalue weighted by Gasteiger charge is -2.38. The highest BCUT2D eigenvalue weighted by atomic mass is 16.2. The largest absolute Gasteiger partial charge is 0.347 e. The Bertz CT molecular complexity index is 276. The lowest BCUT2D eigenvalue weighted by Crippen LogP contribution is -2.53. The van der Waals surface area contributed by atoms with Crippen LogP contribution in [0.25, 0.3) is 0 Å². The number of ketones is 1. The number of carbonyl (C=O) groups excluding carboxylic acids is 2. The number of Topliss-reactive ketones (excluding diaryl/α,β-unsaturated/α-hetero) is 1. The van der Waals surface area contributed by atoms with Crippen LogP contribution in [0, 0.1) is 0 Å². The summed E-state index contributed by atoms with van der Waals surface area (Å²) in [6.07, 6.45) is 3.05. The normalized spacial score (nSPS) is 23.9. The molecule has 0 saturated carbocycles.